The van der Waals surface area contributed by atoms with Crippen molar-refractivity contribution in [1.29, 1.82) is 0 Å². The second kappa shape index (κ2) is 9.22. The second-order valence-corrected chi connectivity index (χ2v) is 7.63. The molecule has 7 nitrogen and oxygen atoms in total. The normalized spacial score (nSPS) is 15.5. The van der Waals surface area contributed by atoms with Gasteiger partial charge in [-0.3, -0.25) is 4.79 Å². The van der Waals surface area contributed by atoms with Gasteiger partial charge >= 0.3 is 0 Å². The minimum Gasteiger partial charge on any atom is -0.488 e. The Morgan fingerprint density at radius 3 is 2.84 bits per heavy atom. The van der Waals surface area contributed by atoms with Crippen molar-refractivity contribution in [1.82, 2.24) is 15.5 Å². The van der Waals surface area contributed by atoms with E-state index in [1.165, 1.54) is 0 Å². The van der Waals surface area contributed by atoms with Gasteiger partial charge in [0.1, 0.15) is 17.6 Å². The highest BCUT2D eigenvalue weighted by Crippen LogP contribution is 2.32. The number of carbonyl (C=O) groups excluding carboxylic acids is 1. The number of methoxy groups -OCH3 is 1. The average molecular weight is 440 g/mol. The van der Waals surface area contributed by atoms with Crippen LogP contribution in [0.15, 0.2) is 54.6 Å². The van der Waals surface area contributed by atoms with Crippen LogP contribution in [-0.2, 0) is 11.2 Å². The molecule has 1 amide bonds. The molecule has 1 N–H and O–H groups in total. The third kappa shape index (κ3) is 5.06. The monoisotopic (exact) mass is 439 g/mol. The van der Waals surface area contributed by atoms with Crippen molar-refractivity contribution in [3.8, 4) is 28.6 Å². The highest BCUT2D eigenvalue weighted by molar-refractivity contribution is 6.30. The molecule has 0 spiro atoms. The number of aromatic nitrogens is 2. The number of ether oxygens (including phenoxy) is 3. The Labute approximate surface area is 185 Å². The number of nitrogens with one attached hydrogen (secondary N) is 1. The van der Waals surface area contributed by atoms with Gasteiger partial charge in [0.25, 0.3) is 5.91 Å². The fourth-order valence-corrected chi connectivity index (χ4v) is 3.51. The van der Waals surface area contributed by atoms with E-state index in [4.69, 9.17) is 25.8 Å². The van der Waals surface area contributed by atoms with Crippen LogP contribution in [0.5, 0.6) is 17.4 Å². The average Bonchev–Trinajstić information content (AvgIpc) is 3.19. The van der Waals surface area contributed by atoms with Gasteiger partial charge in [0.15, 0.2) is 6.10 Å². The van der Waals surface area contributed by atoms with Crippen molar-refractivity contribution in [3.05, 3.63) is 65.2 Å². The molecule has 4 rings (SSSR count). The van der Waals surface area contributed by atoms with Crippen molar-refractivity contribution in [2.24, 2.45) is 0 Å². The fraction of sp³-hybridized carbons (Fsp3) is 0.261. The quantitative estimate of drug-likeness (QED) is 0.604. The molecule has 8 heteroatoms. The highest BCUT2D eigenvalue weighted by Gasteiger charge is 2.25. The lowest BCUT2D eigenvalue weighted by Gasteiger charge is -2.17. The fourth-order valence-electron chi connectivity index (χ4n) is 3.33. The first-order valence-corrected chi connectivity index (χ1v) is 10.3. The van der Waals surface area contributed by atoms with Crippen molar-refractivity contribution < 1.29 is 19.0 Å². The van der Waals surface area contributed by atoms with Crippen molar-refractivity contribution in [2.75, 3.05) is 13.7 Å². The predicted molar refractivity (Wildman–Crippen MR) is 117 cm³/mol. The molecule has 1 aliphatic heterocycles. The summed E-state index contributed by atoms with van der Waals surface area (Å²) in [6.07, 6.45) is -0.103. The molecule has 0 aliphatic carbocycles. The Morgan fingerprint density at radius 1 is 1.23 bits per heavy atom. The summed E-state index contributed by atoms with van der Waals surface area (Å²) < 4.78 is 16.7. The van der Waals surface area contributed by atoms with E-state index in [0.717, 1.165) is 22.6 Å². The molecule has 2 aromatic carbocycles. The minimum atomic E-state index is -0.650. The summed E-state index contributed by atoms with van der Waals surface area (Å²) >= 11 is 5.95. The molecule has 1 aromatic heterocycles. The van der Waals surface area contributed by atoms with E-state index in [9.17, 15) is 4.79 Å². The van der Waals surface area contributed by atoms with Crippen molar-refractivity contribution in [2.45, 2.75) is 25.6 Å². The van der Waals surface area contributed by atoms with Gasteiger partial charge in [-0.05, 0) is 55.0 Å². The van der Waals surface area contributed by atoms with E-state index in [1.54, 1.807) is 44.4 Å². The maximum atomic E-state index is 12.4. The standard InChI is InChI=1S/C23H22ClN3O4/c1-14(30-18-5-3-4-17(24)12-18)23(28)25-13-19-11-16-10-15(6-8-21(16)31-19)20-7-9-22(29-2)27-26-20/h3-10,12,14,19H,11,13H2,1-2H3,(H,25,28). The molecular formula is C23H22ClN3O4. The molecular weight excluding hydrogens is 418 g/mol. The number of nitrogens with zero attached hydrogens (tertiary/aromatic N) is 2. The Hall–Kier alpha value is -3.32. The van der Waals surface area contributed by atoms with Crippen molar-refractivity contribution >= 4 is 17.5 Å². The summed E-state index contributed by atoms with van der Waals surface area (Å²) in [5, 5.41) is 11.7. The van der Waals surface area contributed by atoms with Gasteiger partial charge in [0.2, 0.25) is 5.88 Å². The third-order valence-corrected chi connectivity index (χ3v) is 5.16. The maximum absolute atomic E-state index is 12.4. The number of amides is 1. The number of hydrogen-bond donors (Lipinski definition) is 1. The van der Waals surface area contributed by atoms with Crippen LogP contribution >= 0.6 is 11.6 Å². The van der Waals surface area contributed by atoms with Crippen LogP contribution in [0, 0.1) is 0 Å². The summed E-state index contributed by atoms with van der Waals surface area (Å²) in [5.74, 6) is 1.62. The van der Waals surface area contributed by atoms with E-state index in [-0.39, 0.29) is 12.0 Å². The Morgan fingerprint density at radius 2 is 2.10 bits per heavy atom. The third-order valence-electron chi connectivity index (χ3n) is 4.93. The van der Waals surface area contributed by atoms with Crippen LogP contribution in [0.2, 0.25) is 5.02 Å². The van der Waals surface area contributed by atoms with Gasteiger partial charge in [0.05, 0.1) is 19.3 Å². The summed E-state index contributed by atoms with van der Waals surface area (Å²) in [7, 11) is 1.56. The van der Waals surface area contributed by atoms with Gasteiger partial charge in [-0.2, -0.15) is 0 Å². The van der Waals surface area contributed by atoms with Crippen molar-refractivity contribution in [3.63, 3.8) is 0 Å². The van der Waals surface area contributed by atoms with Gasteiger partial charge in [-0.25, -0.2) is 0 Å². The smallest absolute Gasteiger partial charge is 0.260 e. The van der Waals surface area contributed by atoms with E-state index in [0.29, 0.717) is 29.6 Å². The number of fused-ring (bicyclic) bond motifs is 1. The van der Waals surface area contributed by atoms with Crippen LogP contribution in [-0.4, -0.2) is 42.0 Å². The first kappa shape index (κ1) is 20.9. The molecule has 0 bridgehead atoms. The molecule has 0 radical (unpaired) electrons. The molecule has 0 fully saturated rings. The zero-order chi connectivity index (χ0) is 21.8. The largest absolute Gasteiger partial charge is 0.488 e. The number of hydrogen-bond acceptors (Lipinski definition) is 6. The molecule has 3 aromatic rings. The Bertz CT molecular complexity index is 1070. The summed E-state index contributed by atoms with van der Waals surface area (Å²) in [6.45, 7) is 2.08. The van der Waals surface area contributed by atoms with Gasteiger partial charge < -0.3 is 19.5 Å². The summed E-state index contributed by atoms with van der Waals surface area (Å²) in [5.41, 5.74) is 2.77. The summed E-state index contributed by atoms with van der Waals surface area (Å²) in [4.78, 5) is 12.4. The molecule has 31 heavy (non-hydrogen) atoms. The molecule has 2 heterocycles. The SMILES string of the molecule is COc1ccc(-c2ccc3c(c2)CC(CNC(=O)C(C)Oc2cccc(Cl)c2)O3)nn1. The molecule has 1 aliphatic rings. The molecule has 0 saturated heterocycles. The second-order valence-electron chi connectivity index (χ2n) is 7.19. The maximum Gasteiger partial charge on any atom is 0.260 e. The van der Waals surface area contributed by atoms with Crippen LogP contribution in [0.25, 0.3) is 11.3 Å². The zero-order valence-electron chi connectivity index (χ0n) is 17.2. The first-order valence-electron chi connectivity index (χ1n) is 9.89. The van der Waals surface area contributed by atoms with E-state index in [2.05, 4.69) is 15.5 Å². The highest BCUT2D eigenvalue weighted by atomic mass is 35.5. The minimum absolute atomic E-state index is 0.144. The number of benzene rings is 2. The lowest BCUT2D eigenvalue weighted by atomic mass is 10.0. The lowest BCUT2D eigenvalue weighted by Crippen LogP contribution is -2.41. The molecule has 2 unspecified atom stereocenters. The van der Waals surface area contributed by atoms with Crippen LogP contribution in [0.3, 0.4) is 0 Å². The molecule has 2 atom stereocenters. The topological polar surface area (TPSA) is 82.6 Å². The van der Waals surface area contributed by atoms with Gasteiger partial charge in [0, 0.05) is 23.1 Å². The van der Waals surface area contributed by atoms with Gasteiger partial charge in [-0.15, -0.1) is 10.2 Å². The van der Waals surface area contributed by atoms with E-state index >= 15 is 0 Å². The number of rotatable bonds is 7. The van der Waals surface area contributed by atoms with E-state index in [1.807, 2.05) is 24.3 Å². The molecule has 0 saturated carbocycles. The number of halogens is 1. The first-order chi connectivity index (χ1) is 15.0. The van der Waals surface area contributed by atoms with Gasteiger partial charge in [-0.1, -0.05) is 17.7 Å². The lowest BCUT2D eigenvalue weighted by molar-refractivity contribution is -0.127. The Kier molecular flexibility index (Phi) is 6.23. The zero-order valence-corrected chi connectivity index (χ0v) is 17.9. The molecule has 160 valence electrons. The van der Waals surface area contributed by atoms with E-state index < -0.39 is 6.10 Å². The van der Waals surface area contributed by atoms with Crippen LogP contribution < -0.4 is 19.5 Å². The van der Waals surface area contributed by atoms with Crippen LogP contribution in [0.4, 0.5) is 0 Å². The Balaban J connectivity index is 1.32. The number of carbonyl (C=O) groups is 1. The van der Waals surface area contributed by atoms with Crippen LogP contribution in [0.1, 0.15) is 12.5 Å². The predicted octanol–water partition coefficient (Wildman–Crippen LogP) is 3.69. The summed E-state index contributed by atoms with van der Waals surface area (Å²) in [6, 6.07) is 16.5.